The monoisotopic (exact) mass is 634 g/mol. The van der Waals surface area contributed by atoms with Crippen molar-refractivity contribution in [2.75, 3.05) is 14.1 Å². The number of imide groups is 2. The molecule has 4 aromatic rings. The van der Waals surface area contributed by atoms with Crippen molar-refractivity contribution in [3.05, 3.63) is 68.5 Å². The van der Waals surface area contributed by atoms with Crippen molar-refractivity contribution in [1.29, 1.82) is 0 Å². The molecule has 12 nitrogen and oxygen atoms in total. The van der Waals surface area contributed by atoms with E-state index in [1.807, 2.05) is 77.9 Å². The van der Waals surface area contributed by atoms with Crippen molar-refractivity contribution < 1.29 is 19.2 Å². The van der Waals surface area contributed by atoms with Crippen molar-refractivity contribution in [3.63, 3.8) is 0 Å². The number of nitrogens with zero attached hydrogens (tertiary/aromatic N) is 6. The molecule has 0 saturated carbocycles. The van der Waals surface area contributed by atoms with E-state index in [0.29, 0.717) is 12.8 Å². The van der Waals surface area contributed by atoms with Gasteiger partial charge in [0.2, 0.25) is 11.8 Å². The van der Waals surface area contributed by atoms with Crippen LogP contribution in [0.4, 0.5) is 0 Å². The van der Waals surface area contributed by atoms with Crippen molar-refractivity contribution in [1.82, 2.24) is 28.1 Å². The summed E-state index contributed by atoms with van der Waals surface area (Å²) in [6.45, 7) is 11.9. The largest absolute Gasteiger partial charge is 0.329 e. The lowest BCUT2D eigenvalue weighted by Crippen LogP contribution is -2.45. The van der Waals surface area contributed by atoms with Crippen LogP contribution in [0.25, 0.3) is 22.1 Å². The summed E-state index contributed by atoms with van der Waals surface area (Å²) in [6, 6.07) is 10.1. The third-order valence-electron chi connectivity index (χ3n) is 8.42. The van der Waals surface area contributed by atoms with Crippen LogP contribution in [0.2, 0.25) is 0 Å². The molecule has 0 N–H and O–H groups in total. The van der Waals surface area contributed by atoms with Gasteiger partial charge in [0, 0.05) is 41.0 Å². The number of hydrogen-bond acceptors (Lipinski definition) is 6. The standard InChI is InChI=1S/2C15H17N3O3.2C2H6/c1-9-4-5-10-12(8-9)16(2)15(21)18(10)11-6-7-13(19)17(3)14(11)20;1-9-5-4-6-10-13(9)17(3)15(21)18(10)11-7-8-12(19)16(2)14(11)20;2*1-2/h4-5,8,11H,6-7H2,1-3H3;4-6,11H,7-8H2,1-3H3;2*1-2H3. The van der Waals surface area contributed by atoms with Crippen molar-refractivity contribution in [2.24, 2.45) is 14.1 Å². The van der Waals surface area contributed by atoms with Crippen LogP contribution >= 0.6 is 0 Å². The second-order valence-electron chi connectivity index (χ2n) is 11.0. The number of aryl methyl sites for hydroxylation is 4. The Bertz CT molecular complexity index is 1910. The van der Waals surface area contributed by atoms with Crippen molar-refractivity contribution in [3.8, 4) is 0 Å². The van der Waals surface area contributed by atoms with Crippen LogP contribution in [0.1, 0.15) is 76.6 Å². The van der Waals surface area contributed by atoms with Gasteiger partial charge in [0.15, 0.2) is 0 Å². The second-order valence-corrected chi connectivity index (χ2v) is 11.0. The van der Waals surface area contributed by atoms with Gasteiger partial charge in [-0.3, -0.25) is 47.2 Å². The highest BCUT2D eigenvalue weighted by Crippen LogP contribution is 2.28. The highest BCUT2D eigenvalue weighted by Gasteiger charge is 2.36. The fourth-order valence-electron chi connectivity index (χ4n) is 5.99. The van der Waals surface area contributed by atoms with E-state index in [4.69, 9.17) is 0 Å². The van der Waals surface area contributed by atoms with E-state index in [-0.39, 0.29) is 47.8 Å². The average Bonchev–Trinajstić information content (AvgIpc) is 3.46. The number of fused-ring (bicyclic) bond motifs is 2. The lowest BCUT2D eigenvalue weighted by atomic mass is 10.0. The van der Waals surface area contributed by atoms with Crippen LogP contribution in [0.3, 0.4) is 0 Å². The van der Waals surface area contributed by atoms with Gasteiger partial charge in [-0.05, 0) is 56.0 Å². The number of hydrogen-bond donors (Lipinski definition) is 0. The SMILES string of the molecule is CC.CC.Cc1ccc2c(c1)n(C)c(=O)n2C1CCC(=O)N(C)C1=O.Cc1cccc2c1n(C)c(=O)n2C1CCC(=O)N(C)C1=O. The van der Waals surface area contributed by atoms with Crippen molar-refractivity contribution in [2.45, 2.75) is 79.3 Å². The zero-order valence-electron chi connectivity index (χ0n) is 28.6. The minimum atomic E-state index is -0.606. The predicted octanol–water partition coefficient (Wildman–Crippen LogP) is 3.99. The van der Waals surface area contributed by atoms with Gasteiger partial charge in [0.1, 0.15) is 12.1 Å². The Labute approximate surface area is 268 Å². The zero-order valence-corrected chi connectivity index (χ0v) is 28.6. The third kappa shape index (κ3) is 6.20. The lowest BCUT2D eigenvalue weighted by Gasteiger charge is -2.28. The van der Waals surface area contributed by atoms with Crippen LogP contribution in [-0.4, -0.2) is 65.8 Å². The van der Waals surface area contributed by atoms with Gasteiger partial charge in [-0.2, -0.15) is 0 Å². The number of rotatable bonds is 2. The summed E-state index contributed by atoms with van der Waals surface area (Å²) in [6.07, 6.45) is 1.30. The van der Waals surface area contributed by atoms with Crippen LogP contribution in [0.15, 0.2) is 46.0 Å². The van der Waals surface area contributed by atoms with E-state index in [1.165, 1.54) is 23.2 Å². The molecule has 0 bridgehead atoms. The molecule has 2 fully saturated rings. The number of likely N-dealkylation sites (tertiary alicyclic amines) is 2. The van der Waals surface area contributed by atoms with Gasteiger partial charge in [0.25, 0.3) is 11.8 Å². The van der Waals surface area contributed by atoms with Gasteiger partial charge < -0.3 is 0 Å². The van der Waals surface area contributed by atoms with E-state index in [2.05, 4.69) is 0 Å². The van der Waals surface area contributed by atoms with E-state index in [9.17, 15) is 28.8 Å². The maximum Gasteiger partial charge on any atom is 0.329 e. The van der Waals surface area contributed by atoms with Crippen LogP contribution < -0.4 is 11.4 Å². The molecule has 12 heteroatoms. The van der Waals surface area contributed by atoms with Crippen LogP contribution in [-0.2, 0) is 33.3 Å². The second kappa shape index (κ2) is 14.6. The summed E-state index contributed by atoms with van der Waals surface area (Å²) in [5.74, 6) is -1.02. The predicted molar refractivity (Wildman–Crippen MR) is 179 cm³/mol. The number of likely N-dealkylation sites (N-methyl/N-ethyl adjacent to an activating group) is 2. The first-order valence-electron chi connectivity index (χ1n) is 15.8. The van der Waals surface area contributed by atoms with Crippen molar-refractivity contribution >= 4 is 45.7 Å². The van der Waals surface area contributed by atoms with Gasteiger partial charge in [0.05, 0.1) is 22.1 Å². The van der Waals surface area contributed by atoms with Gasteiger partial charge in [-0.25, -0.2) is 9.59 Å². The Morgan fingerprint density at radius 1 is 0.587 bits per heavy atom. The number of piperidine rings is 2. The van der Waals surface area contributed by atoms with Gasteiger partial charge >= 0.3 is 11.4 Å². The number of para-hydroxylation sites is 1. The van der Waals surface area contributed by atoms with Gasteiger partial charge in [-0.15, -0.1) is 0 Å². The molecule has 248 valence electrons. The summed E-state index contributed by atoms with van der Waals surface area (Å²) in [5.41, 5.74) is 4.69. The molecule has 0 radical (unpaired) electrons. The maximum atomic E-state index is 12.5. The van der Waals surface area contributed by atoms with E-state index >= 15 is 0 Å². The first-order valence-corrected chi connectivity index (χ1v) is 15.8. The van der Waals surface area contributed by atoms with E-state index in [1.54, 1.807) is 23.2 Å². The average molecular weight is 635 g/mol. The fraction of sp³-hybridized carbons (Fsp3) is 0.471. The zero-order chi connectivity index (χ0) is 34.6. The van der Waals surface area contributed by atoms with Gasteiger partial charge in [-0.1, -0.05) is 45.9 Å². The molecule has 2 saturated heterocycles. The number of benzene rings is 2. The molecule has 6 rings (SSSR count). The molecule has 4 heterocycles. The minimum Gasteiger partial charge on any atom is -0.295 e. The molecular weight excluding hydrogens is 588 g/mol. The maximum absolute atomic E-state index is 12.5. The molecule has 2 unspecified atom stereocenters. The Morgan fingerprint density at radius 3 is 1.59 bits per heavy atom. The summed E-state index contributed by atoms with van der Waals surface area (Å²) in [4.78, 5) is 75.2. The molecule has 2 aromatic carbocycles. The summed E-state index contributed by atoms with van der Waals surface area (Å²) in [7, 11) is 6.34. The summed E-state index contributed by atoms with van der Waals surface area (Å²) in [5, 5.41) is 0. The summed E-state index contributed by atoms with van der Waals surface area (Å²) >= 11 is 0. The van der Waals surface area contributed by atoms with E-state index in [0.717, 1.165) is 43.0 Å². The topological polar surface area (TPSA) is 129 Å². The Hall–Kier alpha value is -4.74. The fourth-order valence-corrected chi connectivity index (χ4v) is 5.99. The Morgan fingerprint density at radius 2 is 1.07 bits per heavy atom. The molecule has 2 aliphatic heterocycles. The van der Waals surface area contributed by atoms with Crippen LogP contribution in [0.5, 0.6) is 0 Å². The number of imidazole rings is 2. The van der Waals surface area contributed by atoms with E-state index < -0.39 is 12.1 Å². The molecule has 46 heavy (non-hydrogen) atoms. The Kier molecular flexibility index (Phi) is 11.3. The minimum absolute atomic E-state index is 0.194. The molecule has 2 aromatic heterocycles. The molecule has 0 spiro atoms. The highest BCUT2D eigenvalue weighted by atomic mass is 16.2. The summed E-state index contributed by atoms with van der Waals surface area (Å²) < 4.78 is 6.15. The molecular formula is C34H46N6O6. The number of carbonyl (C=O) groups excluding carboxylic acids is 4. The van der Waals surface area contributed by atoms with Crippen LogP contribution in [0, 0.1) is 13.8 Å². The third-order valence-corrected chi connectivity index (χ3v) is 8.42. The number of amides is 4. The number of aromatic nitrogens is 4. The quantitative estimate of drug-likeness (QED) is 0.307. The first-order chi connectivity index (χ1) is 21.8. The molecule has 2 atom stereocenters. The normalized spacial score (nSPS) is 18.1. The smallest absolute Gasteiger partial charge is 0.295 e. The highest BCUT2D eigenvalue weighted by molar-refractivity contribution is 6.00. The Balaban J connectivity index is 0.000000226. The molecule has 0 aliphatic carbocycles. The first kappa shape index (κ1) is 35.7. The molecule has 2 aliphatic rings. The number of carbonyl (C=O) groups is 4. The lowest BCUT2D eigenvalue weighted by molar-refractivity contribution is -0.150. The molecule has 4 amide bonds.